The van der Waals surface area contributed by atoms with Crippen LogP contribution in [0.15, 0.2) is 48.7 Å². The molecule has 2 aromatic rings. The van der Waals surface area contributed by atoms with E-state index in [4.69, 9.17) is 0 Å². The molecular formula is C17H18N4. The van der Waals surface area contributed by atoms with E-state index in [0.29, 0.717) is 5.56 Å². The number of hydrogen-bond donors (Lipinski definition) is 0. The van der Waals surface area contributed by atoms with E-state index in [1.54, 1.807) is 6.20 Å². The van der Waals surface area contributed by atoms with Crippen LogP contribution in [-0.2, 0) is 0 Å². The Balaban J connectivity index is 2.01. The van der Waals surface area contributed by atoms with Crippen molar-refractivity contribution >= 4 is 5.82 Å². The highest BCUT2D eigenvalue weighted by Crippen LogP contribution is 2.30. The molecule has 4 nitrogen and oxygen atoms in total. The van der Waals surface area contributed by atoms with Gasteiger partial charge in [-0.15, -0.1) is 0 Å². The van der Waals surface area contributed by atoms with Gasteiger partial charge in [0.25, 0.3) is 0 Å². The Morgan fingerprint density at radius 2 is 1.95 bits per heavy atom. The third-order valence-electron chi connectivity index (χ3n) is 3.95. The van der Waals surface area contributed by atoms with E-state index < -0.39 is 0 Å². The van der Waals surface area contributed by atoms with Crippen LogP contribution in [0.3, 0.4) is 0 Å². The Bertz CT molecular complexity index is 647. The molecule has 0 radical (unpaired) electrons. The highest BCUT2D eigenvalue weighted by molar-refractivity contribution is 5.55. The van der Waals surface area contributed by atoms with Gasteiger partial charge in [0, 0.05) is 25.8 Å². The number of likely N-dealkylation sites (N-methyl/N-ethyl adjacent to an activating group) is 1. The predicted octanol–water partition coefficient (Wildman–Crippen LogP) is 2.45. The molecule has 1 atom stereocenters. The molecule has 1 aliphatic rings. The number of piperazine rings is 1. The van der Waals surface area contributed by atoms with Crippen molar-refractivity contribution in [1.29, 1.82) is 5.26 Å². The van der Waals surface area contributed by atoms with Gasteiger partial charge >= 0.3 is 0 Å². The minimum atomic E-state index is 0.229. The molecule has 0 amide bonds. The molecule has 0 spiro atoms. The molecule has 1 aromatic heterocycles. The maximum absolute atomic E-state index is 9.33. The lowest BCUT2D eigenvalue weighted by molar-refractivity contribution is 0.268. The van der Waals surface area contributed by atoms with Crippen molar-refractivity contribution in [3.8, 4) is 6.07 Å². The zero-order chi connectivity index (χ0) is 14.7. The lowest BCUT2D eigenvalue weighted by atomic mass is 10.0. The summed E-state index contributed by atoms with van der Waals surface area (Å²) in [7, 11) is 2.14. The highest BCUT2D eigenvalue weighted by Gasteiger charge is 2.28. The largest absolute Gasteiger partial charge is 0.346 e. The molecule has 106 valence electrons. The van der Waals surface area contributed by atoms with Crippen LogP contribution in [0, 0.1) is 11.3 Å². The lowest BCUT2D eigenvalue weighted by Gasteiger charge is -2.41. The fourth-order valence-corrected chi connectivity index (χ4v) is 2.85. The molecule has 0 N–H and O–H groups in total. The topological polar surface area (TPSA) is 43.2 Å². The van der Waals surface area contributed by atoms with Crippen LogP contribution in [0.4, 0.5) is 5.82 Å². The SMILES string of the molecule is CN1CCN(c2ncccc2C#N)[C@H](c2ccccc2)C1. The average molecular weight is 278 g/mol. The number of hydrogen-bond acceptors (Lipinski definition) is 4. The Morgan fingerprint density at radius 1 is 1.14 bits per heavy atom. The maximum Gasteiger partial charge on any atom is 0.147 e. The normalized spacial score (nSPS) is 19.2. The second-order valence-corrected chi connectivity index (χ2v) is 5.37. The molecule has 1 aromatic carbocycles. The molecule has 0 bridgehead atoms. The lowest BCUT2D eigenvalue weighted by Crippen LogP contribution is -2.47. The summed E-state index contributed by atoms with van der Waals surface area (Å²) in [4.78, 5) is 9.04. The number of rotatable bonds is 2. The first-order valence-electron chi connectivity index (χ1n) is 7.15. The fourth-order valence-electron chi connectivity index (χ4n) is 2.85. The highest BCUT2D eigenvalue weighted by atomic mass is 15.3. The fraction of sp³-hybridized carbons (Fsp3) is 0.294. The molecule has 21 heavy (non-hydrogen) atoms. The zero-order valence-corrected chi connectivity index (χ0v) is 12.1. The van der Waals surface area contributed by atoms with E-state index in [2.05, 4.69) is 52.2 Å². The minimum absolute atomic E-state index is 0.229. The summed E-state index contributed by atoms with van der Waals surface area (Å²) < 4.78 is 0. The van der Waals surface area contributed by atoms with Gasteiger partial charge in [-0.05, 0) is 24.7 Å². The van der Waals surface area contributed by atoms with Crippen LogP contribution >= 0.6 is 0 Å². The van der Waals surface area contributed by atoms with Crippen LogP contribution in [0.5, 0.6) is 0 Å². The Hall–Kier alpha value is -2.38. The van der Waals surface area contributed by atoms with Gasteiger partial charge in [0.1, 0.15) is 11.9 Å². The van der Waals surface area contributed by atoms with Crippen molar-refractivity contribution in [3.63, 3.8) is 0 Å². The Labute approximate surface area is 125 Å². The number of nitriles is 1. The monoisotopic (exact) mass is 278 g/mol. The van der Waals surface area contributed by atoms with Crippen LogP contribution in [0.2, 0.25) is 0 Å². The van der Waals surface area contributed by atoms with Gasteiger partial charge < -0.3 is 9.80 Å². The van der Waals surface area contributed by atoms with E-state index in [0.717, 1.165) is 25.5 Å². The first-order valence-corrected chi connectivity index (χ1v) is 7.15. The average Bonchev–Trinajstić information content (AvgIpc) is 2.55. The quantitative estimate of drug-likeness (QED) is 0.846. The molecule has 2 heterocycles. The van der Waals surface area contributed by atoms with Gasteiger partial charge in [-0.25, -0.2) is 4.98 Å². The predicted molar refractivity (Wildman–Crippen MR) is 83.0 cm³/mol. The second-order valence-electron chi connectivity index (χ2n) is 5.37. The van der Waals surface area contributed by atoms with Gasteiger partial charge in [-0.3, -0.25) is 0 Å². The summed E-state index contributed by atoms with van der Waals surface area (Å²) in [5.41, 5.74) is 1.90. The van der Waals surface area contributed by atoms with Crippen molar-refractivity contribution in [3.05, 3.63) is 59.8 Å². The first kappa shape index (κ1) is 13.6. The second kappa shape index (κ2) is 5.94. The molecule has 1 aliphatic heterocycles. The van der Waals surface area contributed by atoms with Gasteiger partial charge in [0.15, 0.2) is 0 Å². The number of anilines is 1. The van der Waals surface area contributed by atoms with E-state index >= 15 is 0 Å². The van der Waals surface area contributed by atoms with Gasteiger partial charge in [-0.1, -0.05) is 30.3 Å². The van der Waals surface area contributed by atoms with Crippen LogP contribution in [0.25, 0.3) is 0 Å². The van der Waals surface area contributed by atoms with Crippen molar-refractivity contribution in [2.75, 3.05) is 31.6 Å². The molecule has 3 rings (SSSR count). The van der Waals surface area contributed by atoms with E-state index in [-0.39, 0.29) is 6.04 Å². The molecule has 0 saturated carbocycles. The summed E-state index contributed by atoms with van der Waals surface area (Å²) in [6.45, 7) is 2.79. The molecule has 4 heteroatoms. The Morgan fingerprint density at radius 3 is 2.71 bits per heavy atom. The van der Waals surface area contributed by atoms with Gasteiger partial charge in [-0.2, -0.15) is 5.26 Å². The van der Waals surface area contributed by atoms with Crippen molar-refractivity contribution < 1.29 is 0 Å². The summed E-state index contributed by atoms with van der Waals surface area (Å²) in [6.07, 6.45) is 1.76. The van der Waals surface area contributed by atoms with Crippen LogP contribution < -0.4 is 4.90 Å². The standard InChI is InChI=1S/C17H18N4/c1-20-10-11-21(17-15(12-18)8-5-9-19-17)16(13-20)14-6-3-2-4-7-14/h2-9,16H,10-11,13H2,1H3/t16-/m0/s1. The van der Waals surface area contributed by atoms with Crippen LogP contribution in [0.1, 0.15) is 17.2 Å². The first-order chi connectivity index (χ1) is 10.3. The molecular weight excluding hydrogens is 260 g/mol. The van der Waals surface area contributed by atoms with E-state index in [9.17, 15) is 5.26 Å². The zero-order valence-electron chi connectivity index (χ0n) is 12.1. The summed E-state index contributed by atoms with van der Waals surface area (Å²) in [6, 6.07) is 16.6. The van der Waals surface area contributed by atoms with E-state index in [1.807, 2.05) is 18.2 Å². The third-order valence-corrected chi connectivity index (χ3v) is 3.95. The van der Waals surface area contributed by atoms with E-state index in [1.165, 1.54) is 5.56 Å². The Kier molecular flexibility index (Phi) is 3.85. The molecule has 0 unspecified atom stereocenters. The number of aromatic nitrogens is 1. The third kappa shape index (κ3) is 2.74. The van der Waals surface area contributed by atoms with Gasteiger partial charge in [0.2, 0.25) is 0 Å². The van der Waals surface area contributed by atoms with Crippen molar-refractivity contribution in [1.82, 2.24) is 9.88 Å². The smallest absolute Gasteiger partial charge is 0.147 e. The summed E-state index contributed by atoms with van der Waals surface area (Å²) in [5, 5.41) is 9.33. The van der Waals surface area contributed by atoms with Gasteiger partial charge in [0.05, 0.1) is 11.6 Å². The molecule has 0 aliphatic carbocycles. The minimum Gasteiger partial charge on any atom is -0.346 e. The maximum atomic E-state index is 9.33. The summed E-state index contributed by atoms with van der Waals surface area (Å²) in [5.74, 6) is 0.793. The van der Waals surface area contributed by atoms with Crippen molar-refractivity contribution in [2.24, 2.45) is 0 Å². The number of nitrogens with zero attached hydrogens (tertiary/aromatic N) is 4. The molecule has 1 saturated heterocycles. The summed E-state index contributed by atoms with van der Waals surface area (Å²) >= 11 is 0. The van der Waals surface area contributed by atoms with Crippen LogP contribution in [-0.4, -0.2) is 36.6 Å². The van der Waals surface area contributed by atoms with Crippen molar-refractivity contribution in [2.45, 2.75) is 6.04 Å². The molecule has 1 fully saturated rings. The number of benzene rings is 1. The number of pyridine rings is 1.